The quantitative estimate of drug-likeness (QED) is 0.850. The van der Waals surface area contributed by atoms with Crippen LogP contribution in [-0.4, -0.2) is 10.1 Å². The first kappa shape index (κ1) is 10.7. The number of rotatable bonds is 2. The van der Waals surface area contributed by atoms with Crippen molar-refractivity contribution >= 4 is 22.6 Å². The second-order valence-corrected chi connectivity index (χ2v) is 3.40. The van der Waals surface area contributed by atoms with Crippen LogP contribution in [0, 0.1) is 9.39 Å². The summed E-state index contributed by atoms with van der Waals surface area (Å²) in [6.45, 7) is -0.474. The zero-order chi connectivity index (χ0) is 10.0. The summed E-state index contributed by atoms with van der Waals surface area (Å²) in [5.41, 5.74) is -0.846. The Hall–Kier alpha value is -0.370. The molecule has 0 unspecified atom stereocenters. The molecule has 0 spiro atoms. The van der Waals surface area contributed by atoms with Crippen molar-refractivity contribution in [1.29, 1.82) is 0 Å². The molecule has 0 aromatic carbocycles. The van der Waals surface area contributed by atoms with Gasteiger partial charge in [-0.1, -0.05) is 0 Å². The highest BCUT2D eigenvalue weighted by Gasteiger charge is 2.17. The molecule has 1 N–H and O–H groups in total. The summed E-state index contributed by atoms with van der Waals surface area (Å²) in [5.74, 6) is -1.04. The number of hydrogen-bond acceptors (Lipinski definition) is 2. The fraction of sp³-hybridized carbons (Fsp3) is 0.286. The lowest BCUT2D eigenvalue weighted by molar-refractivity contribution is 0.139. The number of aliphatic hydroxyl groups excluding tert-OH is 1. The Kier molecular flexibility index (Phi) is 3.48. The predicted octanol–water partition coefficient (Wildman–Crippen LogP) is 2.26. The molecule has 0 radical (unpaired) electrons. The second kappa shape index (κ2) is 4.23. The Bertz CT molecular complexity index is 319. The van der Waals surface area contributed by atoms with Crippen LogP contribution in [0.3, 0.4) is 0 Å². The first-order valence-corrected chi connectivity index (χ1v) is 4.38. The zero-order valence-electron chi connectivity index (χ0n) is 6.27. The molecule has 0 bridgehead atoms. The molecule has 0 saturated carbocycles. The van der Waals surface area contributed by atoms with Crippen LogP contribution >= 0.6 is 22.6 Å². The van der Waals surface area contributed by atoms with Crippen molar-refractivity contribution in [3.63, 3.8) is 0 Å². The summed E-state index contributed by atoms with van der Waals surface area (Å²) < 4.78 is 37.3. The molecule has 6 heteroatoms. The van der Waals surface area contributed by atoms with Gasteiger partial charge in [-0.3, -0.25) is 0 Å². The summed E-state index contributed by atoms with van der Waals surface area (Å²) in [6.07, 6.45) is -2.96. The minimum Gasteiger partial charge on any atom is -0.390 e. The van der Waals surface area contributed by atoms with Gasteiger partial charge in [-0.05, 0) is 28.7 Å². The SMILES string of the molecule is OCc1nc(C(F)F)c(F)cc1I. The van der Waals surface area contributed by atoms with Crippen LogP contribution in [0.4, 0.5) is 13.2 Å². The first-order chi connectivity index (χ1) is 6.06. The van der Waals surface area contributed by atoms with Gasteiger partial charge in [-0.2, -0.15) is 0 Å². The third kappa shape index (κ3) is 2.31. The normalized spacial score (nSPS) is 10.9. The smallest absolute Gasteiger partial charge is 0.283 e. The predicted molar refractivity (Wildman–Crippen MR) is 47.8 cm³/mol. The van der Waals surface area contributed by atoms with E-state index in [0.717, 1.165) is 6.07 Å². The summed E-state index contributed by atoms with van der Waals surface area (Å²) in [4.78, 5) is 3.31. The van der Waals surface area contributed by atoms with Crippen molar-refractivity contribution in [2.24, 2.45) is 0 Å². The molecule has 0 aliphatic rings. The van der Waals surface area contributed by atoms with Gasteiger partial charge in [0.25, 0.3) is 6.43 Å². The first-order valence-electron chi connectivity index (χ1n) is 3.30. The molecular formula is C7H5F3INO. The molecule has 0 atom stereocenters. The zero-order valence-corrected chi connectivity index (χ0v) is 8.43. The second-order valence-electron chi connectivity index (χ2n) is 2.24. The highest BCUT2D eigenvalue weighted by Crippen LogP contribution is 2.22. The van der Waals surface area contributed by atoms with Gasteiger partial charge in [0.15, 0.2) is 5.82 Å². The third-order valence-corrected chi connectivity index (χ3v) is 2.32. The number of aliphatic hydroxyl groups is 1. The van der Waals surface area contributed by atoms with E-state index in [9.17, 15) is 13.2 Å². The van der Waals surface area contributed by atoms with Gasteiger partial charge in [0.1, 0.15) is 5.69 Å². The summed E-state index contributed by atoms with van der Waals surface area (Å²) in [7, 11) is 0. The molecule has 0 saturated heterocycles. The number of hydrogen-bond donors (Lipinski definition) is 1. The lowest BCUT2D eigenvalue weighted by Crippen LogP contribution is -2.02. The average molecular weight is 303 g/mol. The van der Waals surface area contributed by atoms with Crippen molar-refractivity contribution in [2.45, 2.75) is 13.0 Å². The number of aromatic nitrogens is 1. The molecule has 0 fully saturated rings. The summed E-state index contributed by atoms with van der Waals surface area (Å²) in [6, 6.07) is 0.931. The van der Waals surface area contributed by atoms with E-state index in [1.165, 1.54) is 0 Å². The van der Waals surface area contributed by atoms with E-state index >= 15 is 0 Å². The van der Waals surface area contributed by atoms with Crippen molar-refractivity contribution in [3.05, 3.63) is 26.8 Å². The van der Waals surface area contributed by atoms with Crippen molar-refractivity contribution in [2.75, 3.05) is 0 Å². The molecule has 1 rings (SSSR count). The molecule has 72 valence electrons. The van der Waals surface area contributed by atoms with E-state index in [2.05, 4.69) is 4.98 Å². The topological polar surface area (TPSA) is 33.1 Å². The Morgan fingerprint density at radius 3 is 2.62 bits per heavy atom. The van der Waals surface area contributed by atoms with Gasteiger partial charge in [0, 0.05) is 3.57 Å². The van der Waals surface area contributed by atoms with Gasteiger partial charge < -0.3 is 5.11 Å². The maximum Gasteiger partial charge on any atom is 0.283 e. The molecule has 0 aliphatic carbocycles. The van der Waals surface area contributed by atoms with Gasteiger partial charge in [-0.25, -0.2) is 18.2 Å². The highest BCUT2D eigenvalue weighted by atomic mass is 127. The fourth-order valence-electron chi connectivity index (χ4n) is 0.785. The Morgan fingerprint density at radius 1 is 1.54 bits per heavy atom. The number of alkyl halides is 2. The van der Waals surface area contributed by atoms with Crippen LogP contribution in [0.1, 0.15) is 17.8 Å². The number of pyridine rings is 1. The highest BCUT2D eigenvalue weighted by molar-refractivity contribution is 14.1. The lowest BCUT2D eigenvalue weighted by Gasteiger charge is -2.05. The molecule has 1 aromatic rings. The van der Waals surface area contributed by atoms with Gasteiger partial charge in [-0.15, -0.1) is 0 Å². The van der Waals surface area contributed by atoms with E-state index < -0.39 is 24.5 Å². The van der Waals surface area contributed by atoms with Gasteiger partial charge in [0.2, 0.25) is 0 Å². The molecule has 0 aliphatic heterocycles. The minimum atomic E-state index is -2.96. The number of nitrogens with zero attached hydrogens (tertiary/aromatic N) is 1. The monoisotopic (exact) mass is 303 g/mol. The average Bonchev–Trinajstić information content (AvgIpc) is 2.03. The molecule has 13 heavy (non-hydrogen) atoms. The third-order valence-electron chi connectivity index (χ3n) is 1.39. The fourth-order valence-corrected chi connectivity index (χ4v) is 1.35. The van der Waals surface area contributed by atoms with Crippen LogP contribution in [0.2, 0.25) is 0 Å². The van der Waals surface area contributed by atoms with Crippen LogP contribution in [0.15, 0.2) is 6.07 Å². The van der Waals surface area contributed by atoms with Crippen LogP contribution in [0.25, 0.3) is 0 Å². The van der Waals surface area contributed by atoms with Gasteiger partial charge in [0.05, 0.1) is 12.3 Å². The van der Waals surface area contributed by atoms with Crippen LogP contribution < -0.4 is 0 Å². The summed E-state index contributed by atoms with van der Waals surface area (Å²) >= 11 is 1.72. The van der Waals surface area contributed by atoms with E-state index in [4.69, 9.17) is 5.11 Å². The van der Waals surface area contributed by atoms with E-state index in [1.54, 1.807) is 22.6 Å². The summed E-state index contributed by atoms with van der Waals surface area (Å²) in [5, 5.41) is 8.68. The minimum absolute atomic E-state index is 0.0669. The molecule has 1 heterocycles. The van der Waals surface area contributed by atoms with E-state index in [1.807, 2.05) is 0 Å². The standard InChI is InChI=1S/C7H5F3INO/c8-3-1-4(11)5(2-13)12-6(3)7(9)10/h1,7,13H,2H2. The molecule has 2 nitrogen and oxygen atoms in total. The Balaban J connectivity index is 3.22. The Labute approximate surface area is 85.9 Å². The van der Waals surface area contributed by atoms with Crippen molar-refractivity contribution in [1.82, 2.24) is 4.98 Å². The molecule has 1 aromatic heterocycles. The maximum atomic E-state index is 12.8. The van der Waals surface area contributed by atoms with Crippen LogP contribution in [-0.2, 0) is 6.61 Å². The van der Waals surface area contributed by atoms with Crippen molar-refractivity contribution in [3.8, 4) is 0 Å². The van der Waals surface area contributed by atoms with Crippen LogP contribution in [0.5, 0.6) is 0 Å². The van der Waals surface area contributed by atoms with E-state index in [-0.39, 0.29) is 5.69 Å². The number of halogens is 4. The Morgan fingerprint density at radius 2 is 2.15 bits per heavy atom. The van der Waals surface area contributed by atoms with Gasteiger partial charge >= 0.3 is 0 Å². The largest absolute Gasteiger partial charge is 0.390 e. The van der Waals surface area contributed by atoms with E-state index in [0.29, 0.717) is 3.57 Å². The lowest BCUT2D eigenvalue weighted by atomic mass is 10.3. The molecule has 0 amide bonds. The molecular weight excluding hydrogens is 298 g/mol. The van der Waals surface area contributed by atoms with Crippen molar-refractivity contribution < 1.29 is 18.3 Å². The maximum absolute atomic E-state index is 12.8.